The van der Waals surface area contributed by atoms with Crippen molar-refractivity contribution in [3.05, 3.63) is 18.0 Å². The smallest absolute Gasteiger partial charge is 0.316 e. The molecule has 1 aromatic rings. The van der Waals surface area contributed by atoms with Gasteiger partial charge in [0.1, 0.15) is 5.69 Å². The van der Waals surface area contributed by atoms with Gasteiger partial charge >= 0.3 is 6.03 Å². The third kappa shape index (κ3) is 4.20. The van der Waals surface area contributed by atoms with Crippen molar-refractivity contribution in [1.82, 2.24) is 20.1 Å². The number of rotatable bonds is 5. The van der Waals surface area contributed by atoms with Gasteiger partial charge < -0.3 is 25.8 Å². The topological polar surface area (TPSA) is 92.4 Å². The Balaban J connectivity index is 2.41. The summed E-state index contributed by atoms with van der Waals surface area (Å²) in [6.07, 6.45) is 1.72. The van der Waals surface area contributed by atoms with Gasteiger partial charge in [0.25, 0.3) is 5.91 Å². The van der Waals surface area contributed by atoms with E-state index in [0.717, 1.165) is 0 Å². The lowest BCUT2D eigenvalue weighted by Gasteiger charge is -2.12. The van der Waals surface area contributed by atoms with Gasteiger partial charge in [0, 0.05) is 39.9 Å². The zero-order chi connectivity index (χ0) is 14.4. The van der Waals surface area contributed by atoms with Crippen molar-refractivity contribution in [3.8, 4) is 0 Å². The molecule has 106 valence electrons. The number of nitrogen functional groups attached to an aromatic ring is 1. The van der Waals surface area contributed by atoms with Crippen LogP contribution in [0, 0.1) is 0 Å². The predicted molar refractivity (Wildman–Crippen MR) is 73.9 cm³/mol. The van der Waals surface area contributed by atoms with E-state index in [-0.39, 0.29) is 11.9 Å². The molecule has 0 aliphatic heterocycles. The maximum atomic E-state index is 11.9. The van der Waals surface area contributed by atoms with Gasteiger partial charge in [-0.25, -0.2) is 4.79 Å². The van der Waals surface area contributed by atoms with Crippen LogP contribution in [-0.2, 0) is 6.54 Å². The minimum atomic E-state index is -0.197. The number of hydrogen-bond acceptors (Lipinski definition) is 3. The number of carbonyl (C=O) groups is 2. The van der Waals surface area contributed by atoms with Crippen LogP contribution in [0.1, 0.15) is 17.4 Å². The zero-order valence-electron chi connectivity index (χ0n) is 11.6. The Kier molecular flexibility index (Phi) is 5.23. The number of aryl methyl sites for hydroxylation is 1. The van der Waals surface area contributed by atoms with Gasteiger partial charge in [-0.15, -0.1) is 0 Å². The monoisotopic (exact) mass is 267 g/mol. The Morgan fingerprint density at radius 3 is 2.53 bits per heavy atom. The van der Waals surface area contributed by atoms with Gasteiger partial charge in [-0.05, 0) is 13.0 Å². The van der Waals surface area contributed by atoms with Crippen molar-refractivity contribution >= 4 is 17.6 Å². The Hall–Kier alpha value is -2.18. The van der Waals surface area contributed by atoms with Crippen molar-refractivity contribution < 1.29 is 9.59 Å². The predicted octanol–water partition coefficient (Wildman–Crippen LogP) is 0.0912. The number of anilines is 1. The molecule has 1 rings (SSSR count). The molecule has 0 radical (unpaired) electrons. The minimum absolute atomic E-state index is 0.185. The fourth-order valence-corrected chi connectivity index (χ4v) is 1.58. The molecule has 3 amide bonds. The van der Waals surface area contributed by atoms with Crippen LogP contribution in [0.2, 0.25) is 0 Å². The summed E-state index contributed by atoms with van der Waals surface area (Å²) in [5.74, 6) is -0.197. The SMILES string of the molecule is CCn1cc(N)cc1C(=O)NCCNC(=O)N(C)C. The van der Waals surface area contributed by atoms with E-state index in [2.05, 4.69) is 10.6 Å². The molecular weight excluding hydrogens is 246 g/mol. The largest absolute Gasteiger partial charge is 0.397 e. The van der Waals surface area contributed by atoms with E-state index in [0.29, 0.717) is 31.0 Å². The average Bonchev–Trinajstić information content (AvgIpc) is 2.75. The van der Waals surface area contributed by atoms with Crippen LogP contribution in [0.3, 0.4) is 0 Å². The fraction of sp³-hybridized carbons (Fsp3) is 0.500. The number of hydrogen-bond donors (Lipinski definition) is 3. The Bertz CT molecular complexity index is 453. The van der Waals surface area contributed by atoms with Crippen LogP contribution >= 0.6 is 0 Å². The quantitative estimate of drug-likeness (QED) is 0.660. The van der Waals surface area contributed by atoms with Crippen LogP contribution in [0.15, 0.2) is 12.3 Å². The molecule has 19 heavy (non-hydrogen) atoms. The highest BCUT2D eigenvalue weighted by Gasteiger charge is 2.11. The normalized spacial score (nSPS) is 10.1. The molecular formula is C12H21N5O2. The molecule has 7 nitrogen and oxygen atoms in total. The van der Waals surface area contributed by atoms with Crippen molar-refractivity contribution in [1.29, 1.82) is 0 Å². The first kappa shape index (κ1) is 14.9. The molecule has 0 saturated heterocycles. The first-order chi connectivity index (χ1) is 8.95. The molecule has 0 aromatic carbocycles. The lowest BCUT2D eigenvalue weighted by molar-refractivity contribution is 0.0944. The number of nitrogens with one attached hydrogen (secondary N) is 2. The zero-order valence-corrected chi connectivity index (χ0v) is 11.6. The van der Waals surface area contributed by atoms with Gasteiger partial charge in [-0.3, -0.25) is 4.79 Å². The summed E-state index contributed by atoms with van der Waals surface area (Å²) in [6, 6.07) is 1.45. The number of aromatic nitrogens is 1. The lowest BCUT2D eigenvalue weighted by Crippen LogP contribution is -2.39. The molecule has 1 heterocycles. The van der Waals surface area contributed by atoms with E-state index in [1.165, 1.54) is 4.90 Å². The molecule has 0 fully saturated rings. The second-order valence-corrected chi connectivity index (χ2v) is 4.33. The van der Waals surface area contributed by atoms with Crippen LogP contribution in [0.5, 0.6) is 0 Å². The van der Waals surface area contributed by atoms with Gasteiger partial charge in [-0.1, -0.05) is 0 Å². The third-order valence-corrected chi connectivity index (χ3v) is 2.58. The highest BCUT2D eigenvalue weighted by molar-refractivity contribution is 5.93. The van der Waals surface area contributed by atoms with Crippen molar-refractivity contribution in [3.63, 3.8) is 0 Å². The summed E-state index contributed by atoms with van der Waals surface area (Å²) in [6.45, 7) is 3.36. The molecule has 4 N–H and O–H groups in total. The maximum absolute atomic E-state index is 11.9. The fourth-order valence-electron chi connectivity index (χ4n) is 1.58. The van der Waals surface area contributed by atoms with E-state index < -0.39 is 0 Å². The van der Waals surface area contributed by atoms with E-state index in [4.69, 9.17) is 5.73 Å². The van der Waals surface area contributed by atoms with Crippen LogP contribution in [0.4, 0.5) is 10.5 Å². The molecule has 1 aromatic heterocycles. The van der Waals surface area contributed by atoms with Crippen molar-refractivity contribution in [2.45, 2.75) is 13.5 Å². The molecule has 0 aliphatic rings. The van der Waals surface area contributed by atoms with Gasteiger partial charge in [0.2, 0.25) is 0 Å². The summed E-state index contributed by atoms with van der Waals surface area (Å²) in [5, 5.41) is 5.40. The summed E-state index contributed by atoms with van der Waals surface area (Å²) < 4.78 is 1.78. The molecule has 7 heteroatoms. The number of nitrogens with two attached hydrogens (primary N) is 1. The first-order valence-electron chi connectivity index (χ1n) is 6.14. The lowest BCUT2D eigenvalue weighted by atomic mass is 10.3. The number of amides is 3. The Labute approximate surface area is 112 Å². The third-order valence-electron chi connectivity index (χ3n) is 2.58. The maximum Gasteiger partial charge on any atom is 0.316 e. The standard InChI is InChI=1S/C12H21N5O2/c1-4-17-8-9(13)7-10(17)11(18)14-5-6-15-12(19)16(2)3/h7-8H,4-6,13H2,1-3H3,(H,14,18)(H,15,19). The van der Waals surface area contributed by atoms with E-state index in [9.17, 15) is 9.59 Å². The second-order valence-electron chi connectivity index (χ2n) is 4.33. The summed E-state index contributed by atoms with van der Waals surface area (Å²) in [7, 11) is 3.32. The molecule has 0 saturated carbocycles. The number of urea groups is 1. The molecule has 0 spiro atoms. The number of nitrogens with zero attached hydrogens (tertiary/aromatic N) is 2. The molecule has 0 unspecified atom stereocenters. The van der Waals surface area contributed by atoms with Gasteiger partial charge in [-0.2, -0.15) is 0 Å². The van der Waals surface area contributed by atoms with E-state index in [1.807, 2.05) is 6.92 Å². The minimum Gasteiger partial charge on any atom is -0.397 e. The summed E-state index contributed by atoms with van der Waals surface area (Å²) in [5.41, 5.74) is 6.75. The van der Waals surface area contributed by atoms with Crippen LogP contribution < -0.4 is 16.4 Å². The van der Waals surface area contributed by atoms with E-state index >= 15 is 0 Å². The Morgan fingerprint density at radius 1 is 1.32 bits per heavy atom. The van der Waals surface area contributed by atoms with Crippen molar-refractivity contribution in [2.75, 3.05) is 32.9 Å². The summed E-state index contributed by atoms with van der Waals surface area (Å²) >= 11 is 0. The average molecular weight is 267 g/mol. The highest BCUT2D eigenvalue weighted by Crippen LogP contribution is 2.10. The van der Waals surface area contributed by atoms with E-state index in [1.54, 1.807) is 30.9 Å². The molecule has 0 bridgehead atoms. The summed E-state index contributed by atoms with van der Waals surface area (Å²) in [4.78, 5) is 24.6. The van der Waals surface area contributed by atoms with Gasteiger partial charge in [0.05, 0.1) is 5.69 Å². The number of carbonyl (C=O) groups excluding carboxylic acids is 2. The van der Waals surface area contributed by atoms with Crippen LogP contribution in [-0.4, -0.2) is 48.6 Å². The van der Waals surface area contributed by atoms with Crippen molar-refractivity contribution in [2.24, 2.45) is 0 Å². The second kappa shape index (κ2) is 6.67. The van der Waals surface area contributed by atoms with Crippen LogP contribution in [0.25, 0.3) is 0 Å². The first-order valence-corrected chi connectivity index (χ1v) is 6.14. The Morgan fingerprint density at radius 2 is 1.95 bits per heavy atom. The highest BCUT2D eigenvalue weighted by atomic mass is 16.2. The molecule has 0 aliphatic carbocycles. The van der Waals surface area contributed by atoms with Gasteiger partial charge in [0.15, 0.2) is 0 Å². The molecule has 0 atom stereocenters.